The van der Waals surface area contributed by atoms with Gasteiger partial charge >= 0.3 is 5.97 Å². The molecule has 3 aliphatic carbocycles. The fraction of sp³-hybridized carbons (Fsp3) is 0.423. The van der Waals surface area contributed by atoms with Crippen molar-refractivity contribution in [3.63, 3.8) is 0 Å². The molecule has 0 aliphatic heterocycles. The number of anilines is 1. The number of thiophene rings is 1. The first-order valence-electron chi connectivity index (χ1n) is 12.5. The molecule has 0 amide bonds. The lowest BCUT2D eigenvalue weighted by Gasteiger charge is -2.47. The Kier molecular flexibility index (Phi) is 6.32. The summed E-state index contributed by atoms with van der Waals surface area (Å²) in [6.45, 7) is 4.09. The topological polar surface area (TPSA) is 106 Å². The van der Waals surface area contributed by atoms with Crippen LogP contribution in [0, 0.1) is 30.5 Å². The van der Waals surface area contributed by atoms with Crippen LogP contribution in [0.1, 0.15) is 37.5 Å². The second kappa shape index (κ2) is 9.64. The fourth-order valence-corrected chi connectivity index (χ4v) is 6.81. The van der Waals surface area contributed by atoms with Crippen LogP contribution in [-0.4, -0.2) is 43.5 Å². The summed E-state index contributed by atoms with van der Waals surface area (Å²) in [5.41, 5.74) is 1.79. The minimum absolute atomic E-state index is 0.0715. The number of halogens is 2. The second-order valence-electron chi connectivity index (χ2n) is 9.68. The van der Waals surface area contributed by atoms with Crippen molar-refractivity contribution >= 4 is 45.9 Å². The minimum atomic E-state index is -0.543. The number of nitrogens with zero attached hydrogens (tertiary/aromatic N) is 4. The summed E-state index contributed by atoms with van der Waals surface area (Å²) < 4.78 is 21.5. The van der Waals surface area contributed by atoms with E-state index in [2.05, 4.69) is 30.2 Å². The van der Waals surface area contributed by atoms with Gasteiger partial charge in [-0.05, 0) is 63.5 Å². The van der Waals surface area contributed by atoms with Crippen LogP contribution in [0.3, 0.4) is 0 Å². The molecule has 7 rings (SSSR count). The molecule has 192 valence electrons. The van der Waals surface area contributed by atoms with E-state index in [0.29, 0.717) is 34.0 Å². The van der Waals surface area contributed by atoms with E-state index in [1.165, 1.54) is 17.5 Å². The Morgan fingerprint density at radius 3 is 2.73 bits per heavy atom. The predicted octanol–water partition coefficient (Wildman–Crippen LogP) is 6.02. The first kappa shape index (κ1) is 24.2. The van der Waals surface area contributed by atoms with E-state index in [1.807, 2.05) is 26.0 Å². The number of fused-ring (bicyclic) bond motifs is 4. The number of carbonyl (C=O) groups is 1. The average molecular weight is 541 g/mol. The molecule has 2 atom stereocenters. The van der Waals surface area contributed by atoms with Gasteiger partial charge in [-0.3, -0.25) is 4.79 Å². The number of H-pyrrole nitrogens is 1. The summed E-state index contributed by atoms with van der Waals surface area (Å²) in [7, 11) is 0. The normalized spacial score (nSPS) is 22.9. The number of ether oxygens (including phenoxy) is 1. The first-order chi connectivity index (χ1) is 17.9. The van der Waals surface area contributed by atoms with E-state index in [0.717, 1.165) is 30.6 Å². The molecule has 4 heterocycles. The Morgan fingerprint density at radius 2 is 2.00 bits per heavy atom. The van der Waals surface area contributed by atoms with E-state index in [1.54, 1.807) is 6.20 Å². The highest BCUT2D eigenvalue weighted by molar-refractivity contribution is 7.15. The lowest BCUT2D eigenvalue weighted by Crippen LogP contribution is -2.52. The Bertz CT molecular complexity index is 1480. The minimum Gasteiger partial charge on any atom is -0.466 e. The highest BCUT2D eigenvalue weighted by Gasteiger charge is 2.48. The molecule has 11 heteroatoms. The van der Waals surface area contributed by atoms with Crippen molar-refractivity contribution in [3.8, 4) is 22.0 Å². The van der Waals surface area contributed by atoms with Gasteiger partial charge < -0.3 is 15.0 Å². The lowest BCUT2D eigenvalue weighted by molar-refractivity contribution is -0.154. The standard InChI is InChI=1S/C26H26ClFN6O2S/c1-3-36-26(35)18-13-5-7-14(8-6-13)20(18)32-24-19(28)22(16-9-4-12(2)37-16)33-23(34-24)15-10-29-25-21(15)31-17(27)11-30-25/h4,9-11,13-14,18,20H,3,5-8H2,1-2H3,(H,29,30)(H,32,33,34)/t13?,14?,18-,20-/m1/s1. The zero-order valence-corrected chi connectivity index (χ0v) is 22.0. The molecule has 3 saturated carbocycles. The molecule has 8 nitrogen and oxygen atoms in total. The molecular weight excluding hydrogens is 515 g/mol. The third-order valence-electron chi connectivity index (χ3n) is 7.50. The number of nitrogens with one attached hydrogen (secondary N) is 2. The average Bonchev–Trinajstić information content (AvgIpc) is 3.52. The number of carbonyl (C=O) groups excluding carboxylic acids is 1. The van der Waals surface area contributed by atoms with Gasteiger partial charge in [-0.2, -0.15) is 0 Å². The summed E-state index contributed by atoms with van der Waals surface area (Å²) in [4.78, 5) is 35.7. The maximum Gasteiger partial charge on any atom is 0.311 e. The molecule has 0 unspecified atom stereocenters. The zero-order valence-electron chi connectivity index (χ0n) is 20.4. The molecule has 3 aliphatic rings. The van der Waals surface area contributed by atoms with Gasteiger partial charge in [0.05, 0.1) is 29.2 Å². The van der Waals surface area contributed by atoms with Gasteiger partial charge in [-0.15, -0.1) is 11.3 Å². The van der Waals surface area contributed by atoms with Crippen molar-refractivity contribution in [2.75, 3.05) is 11.9 Å². The van der Waals surface area contributed by atoms with Crippen molar-refractivity contribution in [1.29, 1.82) is 0 Å². The number of rotatable bonds is 6. The Hall–Kier alpha value is -3.11. The van der Waals surface area contributed by atoms with Crippen LogP contribution in [0.5, 0.6) is 0 Å². The van der Waals surface area contributed by atoms with Gasteiger partial charge in [0.2, 0.25) is 0 Å². The van der Waals surface area contributed by atoms with Crippen LogP contribution in [0.25, 0.3) is 33.1 Å². The largest absolute Gasteiger partial charge is 0.466 e. The van der Waals surface area contributed by atoms with Crippen molar-refractivity contribution in [2.45, 2.75) is 45.6 Å². The van der Waals surface area contributed by atoms with Gasteiger partial charge in [-0.1, -0.05) is 11.6 Å². The van der Waals surface area contributed by atoms with Gasteiger partial charge in [-0.25, -0.2) is 24.3 Å². The third kappa shape index (κ3) is 4.35. The number of esters is 1. The molecule has 37 heavy (non-hydrogen) atoms. The van der Waals surface area contributed by atoms with Gasteiger partial charge in [0.1, 0.15) is 16.4 Å². The number of hydrogen-bond acceptors (Lipinski definition) is 8. The van der Waals surface area contributed by atoms with Gasteiger partial charge in [0, 0.05) is 17.1 Å². The third-order valence-corrected chi connectivity index (χ3v) is 8.69. The molecule has 4 aromatic heterocycles. The van der Waals surface area contributed by atoms with Crippen LogP contribution in [0.2, 0.25) is 5.15 Å². The number of hydrogen-bond donors (Lipinski definition) is 2. The molecule has 0 aromatic carbocycles. The Morgan fingerprint density at radius 1 is 1.22 bits per heavy atom. The van der Waals surface area contributed by atoms with E-state index in [-0.39, 0.29) is 46.4 Å². The van der Waals surface area contributed by atoms with Crippen LogP contribution >= 0.6 is 22.9 Å². The summed E-state index contributed by atoms with van der Waals surface area (Å²) in [5.74, 6) is -0.281. The van der Waals surface area contributed by atoms with Crippen LogP contribution in [-0.2, 0) is 9.53 Å². The summed E-state index contributed by atoms with van der Waals surface area (Å²) >= 11 is 7.57. The summed E-state index contributed by atoms with van der Waals surface area (Å²) in [6, 6.07) is 3.52. The molecule has 0 spiro atoms. The van der Waals surface area contributed by atoms with Gasteiger partial charge in [0.25, 0.3) is 0 Å². The zero-order chi connectivity index (χ0) is 25.7. The van der Waals surface area contributed by atoms with Crippen molar-refractivity contribution in [1.82, 2.24) is 24.9 Å². The van der Waals surface area contributed by atoms with Crippen LogP contribution < -0.4 is 5.32 Å². The van der Waals surface area contributed by atoms with Crippen molar-refractivity contribution < 1.29 is 13.9 Å². The molecular formula is C26H26ClFN6O2S. The number of aryl methyl sites for hydroxylation is 1. The van der Waals surface area contributed by atoms with E-state index in [9.17, 15) is 4.79 Å². The highest BCUT2D eigenvalue weighted by atomic mass is 35.5. The number of aromatic amines is 1. The smallest absolute Gasteiger partial charge is 0.311 e. The monoisotopic (exact) mass is 540 g/mol. The molecule has 0 saturated heterocycles. The fourth-order valence-electron chi connectivity index (χ4n) is 5.82. The summed E-state index contributed by atoms with van der Waals surface area (Å²) in [6.07, 6.45) is 7.11. The maximum atomic E-state index is 16.1. The van der Waals surface area contributed by atoms with Crippen molar-refractivity contribution in [3.05, 3.63) is 40.4 Å². The second-order valence-corrected chi connectivity index (χ2v) is 11.4. The lowest BCUT2D eigenvalue weighted by atomic mass is 9.61. The molecule has 3 fully saturated rings. The number of aromatic nitrogens is 5. The Labute approximate surface area is 222 Å². The predicted molar refractivity (Wildman–Crippen MR) is 141 cm³/mol. The Balaban J connectivity index is 1.47. The highest BCUT2D eigenvalue weighted by Crippen LogP contribution is 2.47. The first-order valence-corrected chi connectivity index (χ1v) is 13.7. The van der Waals surface area contributed by atoms with E-state index in [4.69, 9.17) is 16.3 Å². The molecule has 4 aromatic rings. The maximum absolute atomic E-state index is 16.1. The molecule has 2 N–H and O–H groups in total. The van der Waals surface area contributed by atoms with E-state index < -0.39 is 5.82 Å². The van der Waals surface area contributed by atoms with E-state index >= 15 is 4.39 Å². The molecule has 2 bridgehead atoms. The quantitative estimate of drug-likeness (QED) is 0.288. The van der Waals surface area contributed by atoms with Crippen LogP contribution in [0.4, 0.5) is 10.2 Å². The van der Waals surface area contributed by atoms with Gasteiger partial charge in [0.15, 0.2) is 23.1 Å². The summed E-state index contributed by atoms with van der Waals surface area (Å²) in [5, 5.41) is 3.59. The van der Waals surface area contributed by atoms with Crippen molar-refractivity contribution in [2.24, 2.45) is 17.8 Å². The van der Waals surface area contributed by atoms with Crippen LogP contribution in [0.15, 0.2) is 24.5 Å². The SMILES string of the molecule is CCOC(=O)[C@@H]1C2CCC(CC2)[C@H]1Nc1nc(-c2c[nH]c3ncc(Cl)nc23)nc(-c2ccc(C)s2)c1F. The molecule has 0 radical (unpaired) electrons.